The minimum atomic E-state index is -1.41. The standard InChI is InChI=1S/C6H15NO3/c1-3-6(7,9)5(4-8)10-2/h5,8-9H,3-4,7H2,1-2H3. The minimum absolute atomic E-state index is 0.267. The van der Waals surface area contributed by atoms with Gasteiger partial charge in [-0.2, -0.15) is 0 Å². The van der Waals surface area contributed by atoms with E-state index in [1.54, 1.807) is 6.92 Å². The Balaban J connectivity index is 3.97. The molecule has 0 bridgehead atoms. The molecule has 0 saturated heterocycles. The second-order valence-electron chi connectivity index (χ2n) is 2.25. The van der Waals surface area contributed by atoms with E-state index in [0.29, 0.717) is 6.42 Å². The Morgan fingerprint density at radius 2 is 2.20 bits per heavy atom. The second kappa shape index (κ2) is 3.88. The summed E-state index contributed by atoms with van der Waals surface area (Å²) in [7, 11) is 1.40. The van der Waals surface area contributed by atoms with Gasteiger partial charge in [0.2, 0.25) is 0 Å². The summed E-state index contributed by atoms with van der Waals surface area (Å²) in [6, 6.07) is 0. The summed E-state index contributed by atoms with van der Waals surface area (Å²) in [5, 5.41) is 17.9. The summed E-state index contributed by atoms with van der Waals surface area (Å²) in [4.78, 5) is 0. The van der Waals surface area contributed by atoms with Crippen molar-refractivity contribution in [1.29, 1.82) is 0 Å². The molecule has 2 atom stereocenters. The molecule has 0 heterocycles. The third-order valence-corrected chi connectivity index (χ3v) is 1.57. The molecule has 10 heavy (non-hydrogen) atoms. The highest BCUT2D eigenvalue weighted by atomic mass is 16.5. The maximum absolute atomic E-state index is 9.28. The average Bonchev–Trinajstić information content (AvgIpc) is 1.90. The van der Waals surface area contributed by atoms with Gasteiger partial charge in [0, 0.05) is 7.11 Å². The summed E-state index contributed by atoms with van der Waals surface area (Å²) in [5.74, 6) is 0. The smallest absolute Gasteiger partial charge is 0.141 e. The van der Waals surface area contributed by atoms with Gasteiger partial charge in [-0.25, -0.2) is 0 Å². The number of nitrogens with two attached hydrogens (primary N) is 1. The van der Waals surface area contributed by atoms with Crippen LogP contribution in [0.5, 0.6) is 0 Å². The van der Waals surface area contributed by atoms with Crippen LogP contribution < -0.4 is 5.73 Å². The summed E-state index contributed by atoms with van der Waals surface area (Å²) in [6.07, 6.45) is -0.344. The predicted octanol–water partition coefficient (Wildman–Crippen LogP) is -0.949. The van der Waals surface area contributed by atoms with Crippen LogP contribution in [0.1, 0.15) is 13.3 Å². The van der Waals surface area contributed by atoms with E-state index in [0.717, 1.165) is 0 Å². The van der Waals surface area contributed by atoms with Crippen LogP contribution in [0, 0.1) is 0 Å². The van der Waals surface area contributed by atoms with Crippen LogP contribution in [-0.4, -0.2) is 35.8 Å². The SMILES string of the molecule is CCC(N)(O)C(CO)OC. The zero-order valence-electron chi connectivity index (χ0n) is 6.37. The van der Waals surface area contributed by atoms with Crippen LogP contribution in [0.2, 0.25) is 0 Å². The molecule has 0 aromatic carbocycles. The Hall–Kier alpha value is -0.160. The van der Waals surface area contributed by atoms with Crippen molar-refractivity contribution in [2.75, 3.05) is 13.7 Å². The van der Waals surface area contributed by atoms with E-state index in [4.69, 9.17) is 15.6 Å². The van der Waals surface area contributed by atoms with Crippen LogP contribution in [0.15, 0.2) is 0 Å². The number of ether oxygens (including phenoxy) is 1. The third kappa shape index (κ3) is 2.22. The first-order valence-corrected chi connectivity index (χ1v) is 3.23. The molecule has 0 aromatic rings. The van der Waals surface area contributed by atoms with Gasteiger partial charge in [0.05, 0.1) is 6.61 Å². The average molecular weight is 149 g/mol. The quantitative estimate of drug-likeness (QED) is 0.450. The van der Waals surface area contributed by atoms with Gasteiger partial charge in [-0.15, -0.1) is 0 Å². The number of hydrogen-bond acceptors (Lipinski definition) is 4. The molecule has 0 rings (SSSR count). The lowest BCUT2D eigenvalue weighted by Gasteiger charge is -2.28. The molecule has 0 aromatic heterocycles. The predicted molar refractivity (Wildman–Crippen MR) is 37.3 cm³/mol. The van der Waals surface area contributed by atoms with Crippen molar-refractivity contribution >= 4 is 0 Å². The lowest BCUT2D eigenvalue weighted by atomic mass is 10.1. The summed E-state index contributed by atoms with van der Waals surface area (Å²) < 4.78 is 4.73. The van der Waals surface area contributed by atoms with E-state index in [1.807, 2.05) is 0 Å². The summed E-state index contributed by atoms with van der Waals surface area (Å²) in [6.45, 7) is 1.46. The van der Waals surface area contributed by atoms with Gasteiger partial charge in [0.1, 0.15) is 11.8 Å². The monoisotopic (exact) mass is 149 g/mol. The lowest BCUT2D eigenvalue weighted by Crippen LogP contribution is -2.52. The fourth-order valence-corrected chi connectivity index (χ4v) is 0.664. The second-order valence-corrected chi connectivity index (χ2v) is 2.25. The molecule has 0 saturated carbocycles. The molecule has 0 aliphatic heterocycles. The summed E-state index contributed by atoms with van der Waals surface area (Å²) >= 11 is 0. The Morgan fingerprint density at radius 3 is 2.30 bits per heavy atom. The number of hydrogen-bond donors (Lipinski definition) is 3. The van der Waals surface area contributed by atoms with E-state index in [9.17, 15) is 5.11 Å². The van der Waals surface area contributed by atoms with E-state index in [-0.39, 0.29) is 6.61 Å². The Morgan fingerprint density at radius 1 is 1.70 bits per heavy atom. The van der Waals surface area contributed by atoms with Crippen LogP contribution in [0.25, 0.3) is 0 Å². The summed E-state index contributed by atoms with van der Waals surface area (Å²) in [5.41, 5.74) is 3.94. The first kappa shape index (κ1) is 9.84. The first-order valence-electron chi connectivity index (χ1n) is 3.23. The van der Waals surface area contributed by atoms with Crippen molar-refractivity contribution in [3.05, 3.63) is 0 Å². The van der Waals surface area contributed by atoms with E-state index in [1.165, 1.54) is 7.11 Å². The van der Waals surface area contributed by atoms with Gasteiger partial charge in [-0.3, -0.25) is 0 Å². The fraction of sp³-hybridized carbons (Fsp3) is 1.00. The van der Waals surface area contributed by atoms with Crippen molar-refractivity contribution in [1.82, 2.24) is 0 Å². The highest BCUT2D eigenvalue weighted by Gasteiger charge is 2.29. The van der Waals surface area contributed by atoms with Gasteiger partial charge >= 0.3 is 0 Å². The highest BCUT2D eigenvalue weighted by molar-refractivity contribution is 4.78. The topological polar surface area (TPSA) is 75.7 Å². The molecule has 0 aliphatic carbocycles. The van der Waals surface area contributed by atoms with Crippen LogP contribution in [0.3, 0.4) is 0 Å². The number of aliphatic hydroxyl groups is 2. The van der Waals surface area contributed by atoms with E-state index in [2.05, 4.69) is 0 Å². The van der Waals surface area contributed by atoms with Crippen molar-refractivity contribution in [2.45, 2.75) is 25.2 Å². The normalized spacial score (nSPS) is 20.1. The van der Waals surface area contributed by atoms with Crippen LogP contribution in [0.4, 0.5) is 0 Å². The first-order chi connectivity index (χ1) is 4.58. The molecule has 0 spiro atoms. The molecule has 0 amide bonds. The molecule has 4 nitrogen and oxygen atoms in total. The lowest BCUT2D eigenvalue weighted by molar-refractivity contribution is -0.110. The Bertz CT molecular complexity index is 91.0. The van der Waals surface area contributed by atoms with Crippen LogP contribution >= 0.6 is 0 Å². The molecule has 0 radical (unpaired) electrons. The molecule has 0 fully saturated rings. The van der Waals surface area contributed by atoms with Gasteiger partial charge in [-0.1, -0.05) is 6.92 Å². The van der Waals surface area contributed by atoms with Crippen LogP contribution in [-0.2, 0) is 4.74 Å². The van der Waals surface area contributed by atoms with Crippen molar-refractivity contribution in [2.24, 2.45) is 5.73 Å². The zero-order valence-corrected chi connectivity index (χ0v) is 6.37. The van der Waals surface area contributed by atoms with Crippen molar-refractivity contribution in [3.8, 4) is 0 Å². The molecule has 4 N–H and O–H groups in total. The van der Waals surface area contributed by atoms with E-state index < -0.39 is 11.8 Å². The number of methoxy groups -OCH3 is 1. The molecule has 0 aliphatic rings. The third-order valence-electron chi connectivity index (χ3n) is 1.57. The molecular weight excluding hydrogens is 134 g/mol. The molecular formula is C6H15NO3. The maximum Gasteiger partial charge on any atom is 0.141 e. The van der Waals surface area contributed by atoms with Gasteiger partial charge in [0.15, 0.2) is 0 Å². The Labute approximate surface area is 60.6 Å². The highest BCUT2D eigenvalue weighted by Crippen LogP contribution is 2.09. The van der Waals surface area contributed by atoms with Crippen molar-refractivity contribution in [3.63, 3.8) is 0 Å². The number of rotatable bonds is 4. The molecule has 4 heteroatoms. The molecule has 2 unspecified atom stereocenters. The fourth-order valence-electron chi connectivity index (χ4n) is 0.664. The largest absolute Gasteiger partial charge is 0.394 e. The zero-order chi connectivity index (χ0) is 8.20. The van der Waals surface area contributed by atoms with Gasteiger partial charge in [-0.05, 0) is 6.42 Å². The van der Waals surface area contributed by atoms with E-state index >= 15 is 0 Å². The Kier molecular flexibility index (Phi) is 3.81. The van der Waals surface area contributed by atoms with Gasteiger partial charge < -0.3 is 20.7 Å². The van der Waals surface area contributed by atoms with Crippen molar-refractivity contribution < 1.29 is 14.9 Å². The molecule has 62 valence electrons. The number of aliphatic hydroxyl groups excluding tert-OH is 1. The van der Waals surface area contributed by atoms with Gasteiger partial charge in [0.25, 0.3) is 0 Å². The minimum Gasteiger partial charge on any atom is -0.394 e. The maximum atomic E-state index is 9.28.